The second-order valence-electron chi connectivity index (χ2n) is 5.40. The summed E-state index contributed by atoms with van der Waals surface area (Å²) in [7, 11) is 0. The smallest absolute Gasteiger partial charge is 0.405 e. The fourth-order valence-corrected chi connectivity index (χ4v) is 2.22. The van der Waals surface area contributed by atoms with Crippen LogP contribution in [0.3, 0.4) is 0 Å². The van der Waals surface area contributed by atoms with Gasteiger partial charge in [-0.2, -0.15) is 13.2 Å². The normalized spacial score (nSPS) is 11.7. The Labute approximate surface area is 145 Å². The van der Waals surface area contributed by atoms with Gasteiger partial charge in [0.2, 0.25) is 0 Å². The number of alkyl halides is 3. The molecule has 1 N–H and O–H groups in total. The van der Waals surface area contributed by atoms with Gasteiger partial charge in [-0.3, -0.25) is 0 Å². The standard InChI is InChI=1S/C15H16BrF3N4O/c1-8(2)10-5-21-13(16)4-11(10)24-12-6-20-9(3)23-14(12)22-7-15(17,18)19/h4-6,8H,7H2,1-3H3,(H,20,22,23). The molecule has 0 aliphatic heterocycles. The van der Waals surface area contributed by atoms with Gasteiger partial charge in [-0.25, -0.2) is 15.0 Å². The Morgan fingerprint density at radius 1 is 1.21 bits per heavy atom. The third-order valence-corrected chi connectivity index (χ3v) is 3.47. The van der Waals surface area contributed by atoms with Gasteiger partial charge in [0, 0.05) is 17.8 Å². The highest BCUT2D eigenvalue weighted by atomic mass is 79.9. The van der Waals surface area contributed by atoms with E-state index in [9.17, 15) is 13.2 Å². The second kappa shape index (κ2) is 7.33. The van der Waals surface area contributed by atoms with Crippen LogP contribution in [0.2, 0.25) is 0 Å². The summed E-state index contributed by atoms with van der Waals surface area (Å²) in [5.41, 5.74) is 0.820. The van der Waals surface area contributed by atoms with Crippen LogP contribution in [0.15, 0.2) is 23.1 Å². The lowest BCUT2D eigenvalue weighted by molar-refractivity contribution is -0.115. The molecule has 5 nitrogen and oxygen atoms in total. The molecule has 0 aliphatic rings. The zero-order valence-corrected chi connectivity index (χ0v) is 14.9. The van der Waals surface area contributed by atoms with Crippen LogP contribution in [-0.2, 0) is 0 Å². The van der Waals surface area contributed by atoms with Crippen molar-refractivity contribution < 1.29 is 17.9 Å². The van der Waals surface area contributed by atoms with E-state index >= 15 is 0 Å². The third-order valence-electron chi connectivity index (χ3n) is 3.04. The first-order chi connectivity index (χ1) is 11.2. The summed E-state index contributed by atoms with van der Waals surface area (Å²) >= 11 is 3.26. The van der Waals surface area contributed by atoms with Gasteiger partial charge in [0.25, 0.3) is 0 Å². The van der Waals surface area contributed by atoms with Crippen molar-refractivity contribution in [2.24, 2.45) is 0 Å². The van der Waals surface area contributed by atoms with Crippen LogP contribution in [-0.4, -0.2) is 27.7 Å². The molecule has 2 aromatic heterocycles. The summed E-state index contributed by atoms with van der Waals surface area (Å²) in [4.78, 5) is 12.1. The molecule has 0 spiro atoms. The minimum atomic E-state index is -4.36. The van der Waals surface area contributed by atoms with Gasteiger partial charge in [0.1, 0.15) is 22.7 Å². The van der Waals surface area contributed by atoms with Crippen molar-refractivity contribution in [2.75, 3.05) is 11.9 Å². The van der Waals surface area contributed by atoms with Gasteiger partial charge in [-0.1, -0.05) is 13.8 Å². The molecule has 0 unspecified atom stereocenters. The van der Waals surface area contributed by atoms with Crippen LogP contribution in [0, 0.1) is 6.92 Å². The van der Waals surface area contributed by atoms with Crippen molar-refractivity contribution in [1.82, 2.24) is 15.0 Å². The van der Waals surface area contributed by atoms with Crippen LogP contribution in [0.5, 0.6) is 11.5 Å². The van der Waals surface area contributed by atoms with Crippen molar-refractivity contribution in [1.29, 1.82) is 0 Å². The van der Waals surface area contributed by atoms with E-state index in [2.05, 4.69) is 36.2 Å². The molecule has 130 valence electrons. The number of pyridine rings is 1. The van der Waals surface area contributed by atoms with Crippen LogP contribution in [0.1, 0.15) is 31.2 Å². The van der Waals surface area contributed by atoms with Gasteiger partial charge in [0.05, 0.1) is 6.20 Å². The van der Waals surface area contributed by atoms with Crippen molar-refractivity contribution in [3.63, 3.8) is 0 Å². The number of nitrogens with one attached hydrogen (secondary N) is 1. The highest BCUT2D eigenvalue weighted by Crippen LogP contribution is 2.34. The van der Waals surface area contributed by atoms with E-state index in [1.807, 2.05) is 13.8 Å². The molecule has 0 amide bonds. The first-order valence-corrected chi connectivity index (χ1v) is 7.92. The quantitative estimate of drug-likeness (QED) is 0.722. The van der Waals surface area contributed by atoms with Crippen molar-refractivity contribution in [3.05, 3.63) is 34.5 Å². The van der Waals surface area contributed by atoms with Crippen LogP contribution in [0.4, 0.5) is 19.0 Å². The van der Waals surface area contributed by atoms with E-state index in [0.717, 1.165) is 5.56 Å². The highest BCUT2D eigenvalue weighted by Gasteiger charge is 2.27. The lowest BCUT2D eigenvalue weighted by Gasteiger charge is -2.16. The zero-order valence-electron chi connectivity index (χ0n) is 13.3. The van der Waals surface area contributed by atoms with Crippen molar-refractivity contribution in [2.45, 2.75) is 32.9 Å². The summed E-state index contributed by atoms with van der Waals surface area (Å²) < 4.78 is 43.7. The first kappa shape index (κ1) is 18.4. The topological polar surface area (TPSA) is 59.9 Å². The molecule has 0 saturated carbocycles. The summed E-state index contributed by atoms with van der Waals surface area (Å²) in [5.74, 6) is 1.05. The van der Waals surface area contributed by atoms with Crippen LogP contribution < -0.4 is 10.1 Å². The van der Waals surface area contributed by atoms with Crippen molar-refractivity contribution >= 4 is 21.7 Å². The predicted octanol–water partition coefficient (Wildman–Crippen LogP) is 4.83. The Morgan fingerprint density at radius 3 is 2.54 bits per heavy atom. The lowest BCUT2D eigenvalue weighted by atomic mass is 10.1. The van der Waals surface area contributed by atoms with Gasteiger partial charge in [-0.15, -0.1) is 0 Å². The Kier molecular flexibility index (Phi) is 5.63. The number of hydrogen-bond acceptors (Lipinski definition) is 5. The number of aryl methyl sites for hydroxylation is 1. The fourth-order valence-electron chi connectivity index (χ4n) is 1.91. The molecule has 0 saturated heterocycles. The SMILES string of the molecule is Cc1ncc(Oc2cc(Br)ncc2C(C)C)c(NCC(F)(F)F)n1. The molecular weight excluding hydrogens is 389 g/mol. The maximum atomic E-state index is 12.5. The summed E-state index contributed by atoms with van der Waals surface area (Å²) in [6.07, 6.45) is -1.36. The number of aromatic nitrogens is 3. The summed E-state index contributed by atoms with van der Waals surface area (Å²) in [6.45, 7) is 4.31. The molecule has 24 heavy (non-hydrogen) atoms. The number of halogens is 4. The molecule has 0 atom stereocenters. The lowest BCUT2D eigenvalue weighted by Crippen LogP contribution is -2.22. The molecular formula is C15H16BrF3N4O. The average Bonchev–Trinajstić information content (AvgIpc) is 2.46. The zero-order chi connectivity index (χ0) is 17.9. The number of rotatable bonds is 5. The van der Waals surface area contributed by atoms with E-state index in [-0.39, 0.29) is 17.5 Å². The van der Waals surface area contributed by atoms with E-state index in [4.69, 9.17) is 4.74 Å². The van der Waals surface area contributed by atoms with Gasteiger partial charge in [0.15, 0.2) is 11.6 Å². The molecule has 9 heteroatoms. The molecule has 0 aliphatic carbocycles. The predicted molar refractivity (Wildman–Crippen MR) is 87.4 cm³/mol. The largest absolute Gasteiger partial charge is 0.451 e. The minimum absolute atomic E-state index is 0.0116. The average molecular weight is 405 g/mol. The Hall–Kier alpha value is -1.90. The van der Waals surface area contributed by atoms with Gasteiger partial charge in [-0.05, 0) is 28.8 Å². The maximum absolute atomic E-state index is 12.5. The second-order valence-corrected chi connectivity index (χ2v) is 6.21. The molecule has 0 aromatic carbocycles. The fraction of sp³-hybridized carbons (Fsp3) is 0.400. The third kappa shape index (κ3) is 5.05. The molecule has 2 rings (SSSR count). The van der Waals surface area contributed by atoms with Gasteiger partial charge >= 0.3 is 6.18 Å². The number of ether oxygens (including phenoxy) is 1. The summed E-state index contributed by atoms with van der Waals surface area (Å²) in [5, 5.41) is 2.25. The van der Waals surface area contributed by atoms with E-state index in [0.29, 0.717) is 16.2 Å². The molecule has 0 radical (unpaired) electrons. The monoisotopic (exact) mass is 404 g/mol. The minimum Gasteiger partial charge on any atom is -0.451 e. The molecule has 0 fully saturated rings. The molecule has 2 aromatic rings. The molecule has 0 bridgehead atoms. The molecule has 2 heterocycles. The van der Waals surface area contributed by atoms with Crippen LogP contribution in [0.25, 0.3) is 0 Å². The Morgan fingerprint density at radius 2 is 1.92 bits per heavy atom. The highest BCUT2D eigenvalue weighted by molar-refractivity contribution is 9.10. The number of hydrogen-bond donors (Lipinski definition) is 1. The first-order valence-electron chi connectivity index (χ1n) is 7.13. The van der Waals surface area contributed by atoms with Crippen molar-refractivity contribution in [3.8, 4) is 11.5 Å². The van der Waals surface area contributed by atoms with Gasteiger partial charge < -0.3 is 10.1 Å². The van der Waals surface area contributed by atoms with E-state index in [1.54, 1.807) is 19.2 Å². The Bertz CT molecular complexity index is 722. The van der Waals surface area contributed by atoms with E-state index in [1.165, 1.54) is 6.20 Å². The van der Waals surface area contributed by atoms with Crippen LogP contribution >= 0.6 is 15.9 Å². The summed E-state index contributed by atoms with van der Waals surface area (Å²) in [6, 6.07) is 1.66. The number of anilines is 1. The van der Waals surface area contributed by atoms with E-state index < -0.39 is 12.7 Å². The number of nitrogens with zero attached hydrogens (tertiary/aromatic N) is 3. The Balaban J connectivity index is 2.34. The maximum Gasteiger partial charge on any atom is 0.405 e.